The second-order valence-corrected chi connectivity index (χ2v) is 33.3. The van der Waals surface area contributed by atoms with Crippen LogP contribution in [0, 0.1) is 65.1 Å². The molecule has 11 atom stereocenters. The molecule has 0 rings (SSSR count). The van der Waals surface area contributed by atoms with Crippen LogP contribution in [0.3, 0.4) is 0 Å². The lowest BCUT2D eigenvalue weighted by Crippen LogP contribution is -2.49. The fourth-order valence-corrected chi connectivity index (χ4v) is 14.8. The molecule has 0 fully saturated rings. The van der Waals surface area contributed by atoms with Crippen LogP contribution in [-0.4, -0.2) is 406 Å². The van der Waals surface area contributed by atoms with Gasteiger partial charge < -0.3 is 144 Å². The van der Waals surface area contributed by atoms with E-state index in [1.807, 2.05) is 58.3 Å². The molecule has 0 radical (unpaired) electrons. The first-order valence-corrected chi connectivity index (χ1v) is 45.7. The van der Waals surface area contributed by atoms with E-state index in [-0.39, 0.29) is 136 Å². The van der Waals surface area contributed by atoms with Gasteiger partial charge in [-0.15, -0.1) is 0 Å². The largest absolute Gasteiger partial charge is 0.469 e. The summed E-state index contributed by atoms with van der Waals surface area (Å²) in [5, 5.41) is 29.3. The minimum Gasteiger partial charge on any atom is -0.469 e. The van der Waals surface area contributed by atoms with Crippen molar-refractivity contribution < 1.29 is 52.7 Å². The van der Waals surface area contributed by atoms with Crippen LogP contribution in [0.5, 0.6) is 0 Å². The summed E-state index contributed by atoms with van der Waals surface area (Å²) in [7, 11) is 1.31. The first kappa shape index (κ1) is 116. The van der Waals surface area contributed by atoms with Crippen molar-refractivity contribution in [2.75, 3.05) is 308 Å². The Balaban J connectivity index is 6.42. The number of ketones is 3. The van der Waals surface area contributed by atoms with Gasteiger partial charge in [0.25, 0.3) is 0 Å². The topological polar surface area (TPSA) is 574 Å². The molecule has 0 aromatic carbocycles. The van der Waals surface area contributed by atoms with Crippen LogP contribution in [0.25, 0.3) is 0 Å². The van der Waals surface area contributed by atoms with Crippen LogP contribution in [0.15, 0.2) is 0 Å². The summed E-state index contributed by atoms with van der Waals surface area (Å²) in [6, 6.07) is 0. The molecule has 0 aromatic rings. The van der Waals surface area contributed by atoms with E-state index in [0.29, 0.717) is 248 Å². The summed E-state index contributed by atoms with van der Waals surface area (Å²) >= 11 is 0. The van der Waals surface area contributed by atoms with Crippen LogP contribution in [-0.2, 0) is 52.7 Å². The third-order valence-corrected chi connectivity index (χ3v) is 22.0. The molecule has 0 aliphatic heterocycles. The molecule has 0 aliphatic rings. The summed E-state index contributed by atoms with van der Waals surface area (Å²) in [6.07, 6.45) is 3.93. The number of hydrogen-bond donors (Lipinski definition) is 19. The zero-order chi connectivity index (χ0) is 91.6. The summed E-state index contributed by atoms with van der Waals surface area (Å²) in [5.41, 5.74) is 58.6. The van der Waals surface area contributed by atoms with Crippen molar-refractivity contribution in [3.05, 3.63) is 0 Å². The second-order valence-electron chi connectivity index (χ2n) is 33.3. The van der Waals surface area contributed by atoms with E-state index in [1.165, 1.54) is 7.11 Å². The molecule has 0 saturated carbocycles. The Hall–Kier alpha value is -5.54. The van der Waals surface area contributed by atoms with E-state index in [9.17, 15) is 47.9 Å². The fourth-order valence-electron chi connectivity index (χ4n) is 14.8. The predicted molar refractivity (Wildman–Crippen MR) is 489 cm³/mol. The van der Waals surface area contributed by atoms with Gasteiger partial charge in [0.1, 0.15) is 17.3 Å². The highest BCUT2D eigenvalue weighted by molar-refractivity contribution is 6.04. The van der Waals surface area contributed by atoms with E-state index in [1.54, 1.807) is 35.5 Å². The van der Waals surface area contributed by atoms with Gasteiger partial charge in [-0.1, -0.05) is 75.7 Å². The van der Waals surface area contributed by atoms with E-state index >= 15 is 0 Å². The van der Waals surface area contributed by atoms with Crippen LogP contribution >= 0.6 is 0 Å². The molecule has 38 nitrogen and oxygen atoms in total. The average Bonchev–Trinajstić information content (AvgIpc) is 0.856. The molecular formula is C84H177N27O11. The Labute approximate surface area is 733 Å². The van der Waals surface area contributed by atoms with Crippen molar-refractivity contribution in [3.8, 4) is 0 Å². The van der Waals surface area contributed by atoms with E-state index in [4.69, 9.17) is 62.1 Å². The number of amides is 6. The monoisotopic (exact) mass is 1740 g/mol. The standard InChI is InChI=1S/C84H177N27O11/c1-64(54-98-28-14-12-13-18-85)76(113)74(77(114)65(2)55-100-37-50-109(82(119)71(8)61-107(46-25-92)47-26-93)53-39-103-80(117)70(7)60-108(48-27-94)49-38-102-79(116)69(6)59-106(44-23-90)45-24-91)17-40-104(41-20-87)58-68(5)78(115)101-34-33-97-36-52-110(81(118)66(3)56-99-32-31-96-30-19-86)62-72(9)83(120)111(63-73(10)84(121)122-11)51-35-95-29-15-16-75(112)67(4)57-105(42-21-88)43-22-89/h64-74,95-100H,12-63,85-94H2,1-11H3,(H,101,115)(H,102,116)(H,103,117). The van der Waals surface area contributed by atoms with Gasteiger partial charge >= 0.3 is 5.97 Å². The van der Waals surface area contributed by atoms with Crippen LogP contribution in [0.4, 0.5) is 0 Å². The van der Waals surface area contributed by atoms with Gasteiger partial charge in [0.2, 0.25) is 35.4 Å². The number of hydrogen-bond acceptors (Lipinski definition) is 32. The average molecular weight is 1740 g/mol. The Morgan fingerprint density at radius 2 is 0.607 bits per heavy atom. The number of Topliss-reactive ketones (excluding diaryl/α,β-unsaturated/α-hetero) is 3. The number of carbonyl (C=O) groups excluding carboxylic acids is 10. The maximum Gasteiger partial charge on any atom is 0.310 e. The maximum atomic E-state index is 14.8. The number of methoxy groups -OCH3 is 1. The zero-order valence-corrected chi connectivity index (χ0v) is 77.5. The summed E-state index contributed by atoms with van der Waals surface area (Å²) < 4.78 is 5.04. The highest BCUT2D eigenvalue weighted by atomic mass is 16.5. The summed E-state index contributed by atoms with van der Waals surface area (Å²) in [6.45, 7) is 38.0. The van der Waals surface area contributed by atoms with Gasteiger partial charge in [0.15, 0.2) is 0 Å². The number of nitrogens with zero attached hydrogens (tertiary/aromatic N) is 8. The Morgan fingerprint density at radius 1 is 0.270 bits per heavy atom. The minimum absolute atomic E-state index is 0.0858. The van der Waals surface area contributed by atoms with Gasteiger partial charge in [0.05, 0.1) is 24.9 Å². The maximum absolute atomic E-state index is 14.8. The first-order chi connectivity index (χ1) is 58.4. The molecule has 0 heterocycles. The molecule has 11 unspecified atom stereocenters. The lowest BCUT2D eigenvalue weighted by Gasteiger charge is -2.32. The molecule has 0 bridgehead atoms. The Kier molecular flexibility index (Phi) is 70.2. The molecule has 0 spiro atoms. The predicted octanol–water partition coefficient (Wildman–Crippen LogP) is -6.35. The number of carbonyl (C=O) groups is 10. The molecule has 29 N–H and O–H groups in total. The van der Waals surface area contributed by atoms with Gasteiger partial charge in [-0.05, 0) is 51.9 Å². The zero-order valence-electron chi connectivity index (χ0n) is 77.5. The number of nitrogens with one attached hydrogen (secondary N) is 9. The molecule has 714 valence electrons. The van der Waals surface area contributed by atoms with Gasteiger partial charge in [0, 0.05) is 329 Å². The third-order valence-electron chi connectivity index (χ3n) is 22.0. The fraction of sp³-hybridized carbons (Fsp3) is 0.881. The van der Waals surface area contributed by atoms with Gasteiger partial charge in [-0.25, -0.2) is 0 Å². The van der Waals surface area contributed by atoms with Crippen LogP contribution in [0.1, 0.15) is 108 Å². The van der Waals surface area contributed by atoms with Gasteiger partial charge in [-0.3, -0.25) is 52.8 Å². The Morgan fingerprint density at radius 3 is 1.08 bits per heavy atom. The highest BCUT2D eigenvalue weighted by Crippen LogP contribution is 2.20. The smallest absolute Gasteiger partial charge is 0.310 e. The summed E-state index contributed by atoms with van der Waals surface area (Å²) in [4.78, 5) is 154. The van der Waals surface area contributed by atoms with Crippen molar-refractivity contribution in [3.63, 3.8) is 0 Å². The molecule has 0 aromatic heterocycles. The molecular weight excluding hydrogens is 1560 g/mol. The van der Waals surface area contributed by atoms with E-state index in [2.05, 4.69) is 62.6 Å². The number of rotatable bonds is 83. The number of esters is 1. The van der Waals surface area contributed by atoms with Crippen molar-refractivity contribution in [2.24, 2.45) is 122 Å². The second kappa shape index (κ2) is 73.5. The number of unbranched alkanes of at least 4 members (excludes halogenated alkanes) is 2. The van der Waals surface area contributed by atoms with Crippen molar-refractivity contribution in [2.45, 2.75) is 108 Å². The molecule has 6 amide bonds. The first-order valence-electron chi connectivity index (χ1n) is 45.7. The lowest BCUT2D eigenvalue weighted by atomic mass is 9.83. The highest BCUT2D eigenvalue weighted by Gasteiger charge is 2.35. The number of ether oxygens (including phenoxy) is 1. The quantitative estimate of drug-likeness (QED) is 0.0153. The molecule has 122 heavy (non-hydrogen) atoms. The summed E-state index contributed by atoms with van der Waals surface area (Å²) in [5.74, 6) is -7.34. The normalized spacial score (nSPS) is 14.5. The Bertz CT molecular complexity index is 2760. The molecule has 0 saturated heterocycles. The van der Waals surface area contributed by atoms with E-state index < -0.39 is 59.2 Å². The SMILES string of the molecule is COC(=O)C(C)CN(CCNCCCC(=O)C(C)CN(CCN)CCN)C(=O)C(C)CN(CCNCCNC(=O)C(C)CN(CCN)CCC(C(=O)C(C)CNCCCCCN)C(=O)C(C)CNCCN(CCNC(=O)C(C)CN(CCN)CCNC(=O)C(C)CN(CCN)CCN)C(=O)C(C)CN(CCN)CCN)C(=O)C(C)CNCCNCCN. The van der Waals surface area contributed by atoms with Crippen molar-refractivity contribution in [1.82, 2.24) is 87.1 Å². The molecule has 0 aliphatic carbocycles. The van der Waals surface area contributed by atoms with Crippen molar-refractivity contribution in [1.29, 1.82) is 0 Å². The number of nitrogens with two attached hydrogens (primary N) is 10. The van der Waals surface area contributed by atoms with Crippen molar-refractivity contribution >= 4 is 58.8 Å². The van der Waals surface area contributed by atoms with Gasteiger partial charge in [-0.2, -0.15) is 0 Å². The van der Waals surface area contributed by atoms with Crippen LogP contribution < -0.4 is 105 Å². The lowest BCUT2D eigenvalue weighted by molar-refractivity contribution is -0.147. The minimum atomic E-state index is -0.968. The molecule has 38 heteroatoms. The third kappa shape index (κ3) is 53.2. The van der Waals surface area contributed by atoms with Crippen LogP contribution in [0.2, 0.25) is 0 Å². The van der Waals surface area contributed by atoms with E-state index in [0.717, 1.165) is 19.3 Å².